The number of aryl methyl sites for hydroxylation is 1. The summed E-state index contributed by atoms with van der Waals surface area (Å²) in [5, 5.41) is 16.5. The summed E-state index contributed by atoms with van der Waals surface area (Å²) in [6.45, 7) is 2.01. The molecule has 2 aromatic carbocycles. The van der Waals surface area contributed by atoms with Gasteiger partial charge in [-0.1, -0.05) is 36.2 Å². The van der Waals surface area contributed by atoms with E-state index >= 15 is 0 Å². The number of nitrogens with one attached hydrogen (secondary N) is 2. The van der Waals surface area contributed by atoms with Crippen LogP contribution in [0.3, 0.4) is 0 Å². The van der Waals surface area contributed by atoms with Gasteiger partial charge in [0.2, 0.25) is 12.3 Å². The van der Waals surface area contributed by atoms with Crippen molar-refractivity contribution in [3.8, 4) is 17.1 Å². The number of rotatable bonds is 8. The molecule has 0 spiro atoms. The van der Waals surface area contributed by atoms with Crippen molar-refractivity contribution in [1.29, 1.82) is 0 Å². The highest BCUT2D eigenvalue weighted by molar-refractivity contribution is 8.03. The lowest BCUT2D eigenvalue weighted by Gasteiger charge is -2.50. The lowest BCUT2D eigenvalue weighted by molar-refractivity contribution is -0.159. The summed E-state index contributed by atoms with van der Waals surface area (Å²) in [5.41, 5.74) is 0.751. The third-order valence-corrected chi connectivity index (χ3v) is 9.44. The number of β-lactam (4-membered cyclic amide) rings is 1. The Morgan fingerprint density at radius 2 is 1.95 bits per heavy atom. The molecule has 4 aromatic rings. The molecule has 1 saturated heterocycles. The van der Waals surface area contributed by atoms with Crippen LogP contribution < -0.4 is 15.6 Å². The van der Waals surface area contributed by atoms with Crippen molar-refractivity contribution in [2.24, 2.45) is 0 Å². The fourth-order valence-electron chi connectivity index (χ4n) is 4.65. The van der Waals surface area contributed by atoms with Gasteiger partial charge in [-0.25, -0.2) is 9.78 Å². The van der Waals surface area contributed by atoms with Crippen LogP contribution in [-0.4, -0.2) is 62.3 Å². The largest absolute Gasteiger partial charge is 0.488 e. The number of carbonyl (C=O) groups is 3. The van der Waals surface area contributed by atoms with Crippen molar-refractivity contribution in [3.05, 3.63) is 90.2 Å². The molecule has 43 heavy (non-hydrogen) atoms. The highest BCUT2D eigenvalue weighted by Crippen LogP contribution is 2.40. The molecule has 2 aromatic heterocycles. The standard InChI is InChI=1S/C23H16Cl2N4O6S.C6H8S/c24-11-1-3-15-13(5-11)20(31)28-19(27-15)14-6-12(25)2-4-16(14)35-7-10-8-36-22-17(26-9-30)21(32)29(22)18(10)23(33)34;1-2-6-4-3-5-7-6/h1-6,8-9,17-18,22H,7H2,(H,26,30)(H,33,34)(H,27,28,31);3-5H,2H2,1H3. The first-order chi connectivity index (χ1) is 20.7. The van der Waals surface area contributed by atoms with Gasteiger partial charge in [0, 0.05) is 20.5 Å². The van der Waals surface area contributed by atoms with Gasteiger partial charge in [-0.05, 0) is 59.7 Å². The van der Waals surface area contributed by atoms with Crippen LogP contribution >= 0.6 is 46.3 Å². The number of aliphatic carboxylic acids is 1. The number of halogens is 2. The number of fused-ring (bicyclic) bond motifs is 2. The number of carboxylic acid groups (broad SMARTS) is 1. The lowest BCUT2D eigenvalue weighted by Crippen LogP contribution is -2.73. The van der Waals surface area contributed by atoms with Crippen LogP contribution in [0.15, 0.2) is 69.7 Å². The summed E-state index contributed by atoms with van der Waals surface area (Å²) < 4.78 is 5.96. The minimum atomic E-state index is -1.24. The SMILES string of the molecule is CCc1cccs1.O=CNC1C(=O)N2C(C(=O)O)C(COc3ccc(Cl)cc3-c3nc4ccc(Cl)cc4c(=O)[nH]3)=CSC12. The maximum Gasteiger partial charge on any atom is 0.330 e. The average Bonchev–Trinajstić information content (AvgIpc) is 3.53. The average molecular weight is 660 g/mol. The van der Waals surface area contributed by atoms with E-state index in [0.29, 0.717) is 44.2 Å². The number of aromatic amines is 1. The summed E-state index contributed by atoms with van der Waals surface area (Å²) in [6, 6.07) is 11.7. The molecule has 3 atom stereocenters. The smallest absolute Gasteiger partial charge is 0.330 e. The third-order valence-electron chi connectivity index (χ3n) is 6.74. The second kappa shape index (κ2) is 13.2. The molecule has 10 nitrogen and oxygen atoms in total. The number of benzene rings is 2. The molecule has 2 amide bonds. The molecule has 0 saturated carbocycles. The van der Waals surface area contributed by atoms with E-state index < -0.39 is 34.9 Å². The fourth-order valence-corrected chi connectivity index (χ4v) is 6.87. The van der Waals surface area contributed by atoms with Crippen LogP contribution in [0.2, 0.25) is 10.0 Å². The first kappa shape index (κ1) is 30.6. The van der Waals surface area contributed by atoms with E-state index in [0.717, 1.165) is 0 Å². The van der Waals surface area contributed by atoms with Gasteiger partial charge in [0.25, 0.3) is 5.56 Å². The summed E-state index contributed by atoms with van der Waals surface area (Å²) in [5.74, 6) is -1.20. The Balaban J connectivity index is 0.000000463. The number of aromatic nitrogens is 2. The first-order valence-corrected chi connectivity index (χ1v) is 15.5. The number of ether oxygens (including phenoxy) is 1. The van der Waals surface area contributed by atoms with Crippen LogP contribution in [0.1, 0.15) is 11.8 Å². The number of carbonyl (C=O) groups excluding carboxylic acids is 2. The molecule has 4 heterocycles. The van der Waals surface area contributed by atoms with E-state index in [1.807, 2.05) is 11.3 Å². The number of thiophene rings is 1. The van der Waals surface area contributed by atoms with E-state index in [9.17, 15) is 24.3 Å². The van der Waals surface area contributed by atoms with Gasteiger partial charge in [0.05, 0.1) is 16.5 Å². The molecule has 3 unspecified atom stereocenters. The zero-order chi connectivity index (χ0) is 30.7. The van der Waals surface area contributed by atoms with Crippen LogP contribution in [0.4, 0.5) is 0 Å². The first-order valence-electron chi connectivity index (χ1n) is 13.0. The van der Waals surface area contributed by atoms with E-state index in [2.05, 4.69) is 39.7 Å². The number of thioether (sulfide) groups is 1. The molecule has 0 bridgehead atoms. The highest BCUT2D eigenvalue weighted by atomic mass is 35.5. The number of H-pyrrole nitrogens is 1. The van der Waals surface area contributed by atoms with Crippen molar-refractivity contribution in [2.45, 2.75) is 30.8 Å². The molecular formula is C29H24Cl2N4O6S2. The quantitative estimate of drug-likeness (QED) is 0.178. The summed E-state index contributed by atoms with van der Waals surface area (Å²) in [7, 11) is 0. The molecule has 2 aliphatic rings. The molecule has 0 radical (unpaired) electrons. The van der Waals surface area contributed by atoms with Gasteiger partial charge in [-0.15, -0.1) is 23.1 Å². The zero-order valence-corrected chi connectivity index (χ0v) is 25.6. The number of hydrogen-bond donors (Lipinski definition) is 3. The van der Waals surface area contributed by atoms with E-state index in [-0.39, 0.29) is 12.4 Å². The second-order valence-corrected chi connectivity index (χ2v) is 12.3. The van der Waals surface area contributed by atoms with Crippen molar-refractivity contribution in [3.63, 3.8) is 0 Å². The number of nitrogens with zero attached hydrogens (tertiary/aromatic N) is 2. The summed E-state index contributed by atoms with van der Waals surface area (Å²) in [4.78, 5) is 57.8. The van der Waals surface area contributed by atoms with Gasteiger partial charge in [-0.3, -0.25) is 14.4 Å². The monoisotopic (exact) mass is 658 g/mol. The van der Waals surface area contributed by atoms with E-state index in [1.165, 1.54) is 34.0 Å². The van der Waals surface area contributed by atoms with Crippen molar-refractivity contribution < 1.29 is 24.2 Å². The number of carboxylic acids is 1. The van der Waals surface area contributed by atoms with Gasteiger partial charge in [0.1, 0.15) is 29.6 Å². The summed E-state index contributed by atoms with van der Waals surface area (Å²) >= 11 is 15.2. The minimum Gasteiger partial charge on any atom is -0.488 e. The molecule has 3 N–H and O–H groups in total. The van der Waals surface area contributed by atoms with Crippen LogP contribution in [0, 0.1) is 0 Å². The van der Waals surface area contributed by atoms with Crippen molar-refractivity contribution in [1.82, 2.24) is 20.2 Å². The molecule has 14 heteroatoms. The normalized spacial score (nSPS) is 19.0. The van der Waals surface area contributed by atoms with Crippen LogP contribution in [0.5, 0.6) is 5.75 Å². The van der Waals surface area contributed by atoms with Gasteiger partial charge >= 0.3 is 5.97 Å². The minimum absolute atomic E-state index is 0.158. The molecule has 1 fully saturated rings. The molecular weight excluding hydrogens is 635 g/mol. The number of amides is 2. The summed E-state index contributed by atoms with van der Waals surface area (Å²) in [6.07, 6.45) is 1.60. The molecule has 2 aliphatic heterocycles. The lowest BCUT2D eigenvalue weighted by atomic mass is 9.98. The third kappa shape index (κ3) is 6.42. The van der Waals surface area contributed by atoms with Crippen molar-refractivity contribution >= 4 is 75.5 Å². The molecule has 222 valence electrons. The number of hydrogen-bond acceptors (Lipinski definition) is 8. The maximum absolute atomic E-state index is 12.7. The van der Waals surface area contributed by atoms with Crippen LogP contribution in [-0.2, 0) is 20.8 Å². The Morgan fingerprint density at radius 1 is 1.19 bits per heavy atom. The van der Waals surface area contributed by atoms with Gasteiger partial charge in [0.15, 0.2) is 6.04 Å². The van der Waals surface area contributed by atoms with Crippen LogP contribution in [0.25, 0.3) is 22.3 Å². The predicted octanol–water partition coefficient (Wildman–Crippen LogP) is 4.95. The Kier molecular flexibility index (Phi) is 9.40. The zero-order valence-electron chi connectivity index (χ0n) is 22.5. The highest BCUT2D eigenvalue weighted by Gasteiger charge is 2.55. The van der Waals surface area contributed by atoms with Crippen molar-refractivity contribution in [2.75, 3.05) is 6.61 Å². The molecule has 0 aliphatic carbocycles. The molecule has 6 rings (SSSR count). The Hall–Kier alpha value is -3.84. The second-order valence-electron chi connectivity index (χ2n) is 9.41. The Bertz CT molecular complexity index is 1780. The predicted molar refractivity (Wildman–Crippen MR) is 168 cm³/mol. The maximum atomic E-state index is 12.7. The van der Waals surface area contributed by atoms with E-state index in [1.54, 1.807) is 35.7 Å². The topological polar surface area (TPSA) is 142 Å². The van der Waals surface area contributed by atoms with Gasteiger partial charge in [-0.2, -0.15) is 0 Å². The fraction of sp³-hybridized carbons (Fsp3) is 0.207. The van der Waals surface area contributed by atoms with Gasteiger partial charge < -0.3 is 25.0 Å². The Morgan fingerprint density at radius 3 is 2.63 bits per heavy atom. The van der Waals surface area contributed by atoms with E-state index in [4.69, 9.17) is 27.9 Å². The Labute approximate surface area is 263 Å².